The molecule has 3 atom stereocenters. The smallest absolute Gasteiger partial charge is 0.263 e. The molecule has 0 bridgehead atoms. The Morgan fingerprint density at radius 3 is 2.32 bits per heavy atom. The van der Waals surface area contributed by atoms with Crippen LogP contribution in [0.15, 0.2) is 59.6 Å². The first-order valence-electron chi connectivity index (χ1n) is 12.9. The lowest BCUT2D eigenvalue weighted by Crippen LogP contribution is -2.55. The van der Waals surface area contributed by atoms with Gasteiger partial charge in [-0.25, -0.2) is 4.99 Å². The van der Waals surface area contributed by atoms with E-state index in [1.165, 1.54) is 0 Å². The monoisotopic (exact) mass is 506 g/mol. The van der Waals surface area contributed by atoms with Gasteiger partial charge in [0.2, 0.25) is 5.91 Å². The number of amidine groups is 1. The van der Waals surface area contributed by atoms with Crippen molar-refractivity contribution in [3.05, 3.63) is 60.2 Å². The van der Waals surface area contributed by atoms with Crippen LogP contribution in [0.25, 0.3) is 0 Å². The molecule has 2 amide bonds. The van der Waals surface area contributed by atoms with Gasteiger partial charge in [-0.1, -0.05) is 44.2 Å². The van der Waals surface area contributed by atoms with Gasteiger partial charge < -0.3 is 25.6 Å². The van der Waals surface area contributed by atoms with Crippen molar-refractivity contribution in [3.8, 4) is 5.75 Å². The molecule has 1 saturated heterocycles. The molecule has 0 saturated carbocycles. The average Bonchev–Trinajstić information content (AvgIpc) is 2.89. The number of nitrogens with two attached hydrogens (primary N) is 1. The molecule has 2 aromatic rings. The fourth-order valence-electron chi connectivity index (χ4n) is 4.83. The number of anilines is 1. The molecule has 1 fully saturated rings. The number of aliphatic imine (C=N–C) groups is 1. The minimum absolute atomic E-state index is 0.00269. The number of fused-ring (bicyclic) bond motifs is 1. The maximum absolute atomic E-state index is 13.0. The number of ether oxygens (including phenoxy) is 1. The van der Waals surface area contributed by atoms with Gasteiger partial charge in [0.05, 0.1) is 0 Å². The summed E-state index contributed by atoms with van der Waals surface area (Å²) in [6, 6.07) is 17.0. The zero-order chi connectivity index (χ0) is 26.5. The normalized spacial score (nSPS) is 19.6. The maximum Gasteiger partial charge on any atom is 0.263 e. The van der Waals surface area contributed by atoms with Crippen molar-refractivity contribution in [1.29, 1.82) is 0 Å². The Labute approximate surface area is 219 Å². The predicted molar refractivity (Wildman–Crippen MR) is 146 cm³/mol. The second kappa shape index (κ2) is 11.6. The first kappa shape index (κ1) is 26.5. The van der Waals surface area contributed by atoms with Crippen LogP contribution in [0, 0.1) is 5.92 Å². The molecule has 3 unspecified atom stereocenters. The summed E-state index contributed by atoms with van der Waals surface area (Å²) in [6.07, 6.45) is -0.673. The molecule has 198 valence electrons. The first-order chi connectivity index (χ1) is 17.7. The number of piperazine rings is 1. The number of likely N-dealkylation sites (N-methyl/N-ethyl adjacent to an activating group) is 1. The quantitative estimate of drug-likeness (QED) is 0.567. The molecule has 2 aliphatic rings. The van der Waals surface area contributed by atoms with Crippen molar-refractivity contribution < 1.29 is 14.3 Å². The highest BCUT2D eigenvalue weighted by molar-refractivity contribution is 6.06. The van der Waals surface area contributed by atoms with Crippen molar-refractivity contribution in [2.75, 3.05) is 44.7 Å². The number of amides is 2. The number of carbonyl (C=O) groups is 2. The van der Waals surface area contributed by atoms with Crippen LogP contribution >= 0.6 is 0 Å². The summed E-state index contributed by atoms with van der Waals surface area (Å²) >= 11 is 0. The van der Waals surface area contributed by atoms with E-state index in [1.807, 2.05) is 74.3 Å². The summed E-state index contributed by atoms with van der Waals surface area (Å²) in [4.78, 5) is 36.4. The standard InChI is InChI=1S/C28H38N6O3/c1-19(2)25(26(29)35)31-27-22-12-8-9-13-23(22)32(4)24(30-27)18-33-14-16-34(17-15-33)28(36)20(3)37-21-10-6-5-7-11-21/h5-13,19-20,24-25H,14-18H2,1-4H3,(H2,29,35)(H,30,31). The summed E-state index contributed by atoms with van der Waals surface area (Å²) in [5, 5.41) is 3.32. The molecule has 3 N–H and O–H groups in total. The van der Waals surface area contributed by atoms with Crippen LogP contribution in [-0.4, -0.2) is 85.5 Å². The van der Waals surface area contributed by atoms with Crippen molar-refractivity contribution in [1.82, 2.24) is 15.1 Å². The van der Waals surface area contributed by atoms with Gasteiger partial charge in [-0.3, -0.25) is 14.5 Å². The number of hydrogen-bond acceptors (Lipinski definition) is 7. The summed E-state index contributed by atoms with van der Waals surface area (Å²) in [7, 11) is 2.04. The summed E-state index contributed by atoms with van der Waals surface area (Å²) in [5.74, 6) is 1.03. The van der Waals surface area contributed by atoms with Gasteiger partial charge in [-0.2, -0.15) is 0 Å². The lowest BCUT2D eigenvalue weighted by molar-refractivity contribution is -0.139. The highest BCUT2D eigenvalue weighted by Crippen LogP contribution is 2.27. The molecule has 4 rings (SSSR count). The van der Waals surface area contributed by atoms with Gasteiger partial charge >= 0.3 is 0 Å². The van der Waals surface area contributed by atoms with Crippen LogP contribution < -0.4 is 20.7 Å². The van der Waals surface area contributed by atoms with E-state index >= 15 is 0 Å². The fourth-order valence-corrected chi connectivity index (χ4v) is 4.83. The third-order valence-electron chi connectivity index (χ3n) is 7.04. The van der Waals surface area contributed by atoms with Crippen molar-refractivity contribution in [3.63, 3.8) is 0 Å². The number of rotatable bonds is 8. The van der Waals surface area contributed by atoms with Crippen molar-refractivity contribution in [2.24, 2.45) is 16.6 Å². The molecule has 2 aromatic carbocycles. The van der Waals surface area contributed by atoms with Crippen LogP contribution in [0.3, 0.4) is 0 Å². The van der Waals surface area contributed by atoms with Gasteiger partial charge in [-0.15, -0.1) is 0 Å². The fraction of sp³-hybridized carbons (Fsp3) is 0.464. The van der Waals surface area contributed by atoms with E-state index < -0.39 is 18.1 Å². The molecule has 2 heterocycles. The molecule has 0 aliphatic carbocycles. The molecular weight excluding hydrogens is 468 g/mol. The lowest BCUT2D eigenvalue weighted by Gasteiger charge is -2.40. The van der Waals surface area contributed by atoms with E-state index in [2.05, 4.69) is 21.2 Å². The number of para-hydroxylation sites is 2. The van der Waals surface area contributed by atoms with Gasteiger partial charge in [-0.05, 0) is 37.1 Å². The van der Waals surface area contributed by atoms with Crippen LogP contribution in [0.4, 0.5) is 5.69 Å². The number of hydrogen-bond donors (Lipinski definition) is 2. The van der Waals surface area contributed by atoms with Gasteiger partial charge in [0.25, 0.3) is 5.91 Å². The Hall–Kier alpha value is -3.59. The largest absolute Gasteiger partial charge is 0.481 e. The van der Waals surface area contributed by atoms with E-state index in [0.29, 0.717) is 31.2 Å². The second-order valence-corrected chi connectivity index (χ2v) is 10.1. The molecule has 9 heteroatoms. The van der Waals surface area contributed by atoms with Crippen LogP contribution in [0.5, 0.6) is 5.75 Å². The Morgan fingerprint density at radius 2 is 1.68 bits per heavy atom. The summed E-state index contributed by atoms with van der Waals surface area (Å²) in [6.45, 7) is 9.23. The lowest BCUT2D eigenvalue weighted by atomic mass is 10.0. The third kappa shape index (κ3) is 6.22. The summed E-state index contributed by atoms with van der Waals surface area (Å²) < 4.78 is 5.83. The van der Waals surface area contributed by atoms with Gasteiger partial charge in [0.15, 0.2) is 6.10 Å². The minimum Gasteiger partial charge on any atom is -0.481 e. The van der Waals surface area contributed by atoms with Crippen LogP contribution in [0.1, 0.15) is 26.3 Å². The predicted octanol–water partition coefficient (Wildman–Crippen LogP) is 1.92. The number of primary amides is 1. The SMILES string of the molecule is CC(Oc1ccccc1)C(=O)N1CCN(CC2N=C(NC(C(N)=O)C(C)C)c3ccccc3N2C)CC1. The zero-order valence-corrected chi connectivity index (χ0v) is 22.1. The Kier molecular flexibility index (Phi) is 8.33. The third-order valence-corrected chi connectivity index (χ3v) is 7.04. The Bertz CT molecular complexity index is 1110. The first-order valence-corrected chi connectivity index (χ1v) is 12.9. The van der Waals surface area contributed by atoms with Crippen molar-refractivity contribution in [2.45, 2.75) is 39.1 Å². The van der Waals surface area contributed by atoms with Crippen molar-refractivity contribution >= 4 is 23.3 Å². The van der Waals surface area contributed by atoms with E-state index in [0.717, 1.165) is 24.3 Å². The zero-order valence-electron chi connectivity index (χ0n) is 22.1. The molecular formula is C28H38N6O3. The topological polar surface area (TPSA) is 103 Å². The van der Waals surface area contributed by atoms with Gasteiger partial charge in [0.1, 0.15) is 23.8 Å². The molecule has 9 nitrogen and oxygen atoms in total. The minimum atomic E-state index is -0.535. The second-order valence-electron chi connectivity index (χ2n) is 10.1. The molecule has 2 aliphatic heterocycles. The van der Waals surface area contributed by atoms with E-state index in [1.54, 1.807) is 6.92 Å². The number of nitrogens with one attached hydrogen (secondary N) is 1. The summed E-state index contributed by atoms with van der Waals surface area (Å²) in [5.41, 5.74) is 7.68. The average molecular weight is 507 g/mol. The van der Waals surface area contributed by atoms with Gasteiger partial charge in [0, 0.05) is 51.0 Å². The molecule has 0 radical (unpaired) electrons. The molecule has 0 aromatic heterocycles. The highest BCUT2D eigenvalue weighted by Gasteiger charge is 2.32. The maximum atomic E-state index is 13.0. The number of benzene rings is 2. The number of carbonyl (C=O) groups excluding carboxylic acids is 2. The van der Waals surface area contributed by atoms with E-state index in [4.69, 9.17) is 15.5 Å². The van der Waals surface area contributed by atoms with Crippen LogP contribution in [0.2, 0.25) is 0 Å². The van der Waals surface area contributed by atoms with E-state index in [9.17, 15) is 9.59 Å². The molecule has 37 heavy (non-hydrogen) atoms. The van der Waals surface area contributed by atoms with E-state index in [-0.39, 0.29) is 18.0 Å². The number of nitrogens with zero attached hydrogens (tertiary/aromatic N) is 4. The Morgan fingerprint density at radius 1 is 1.03 bits per heavy atom. The van der Waals surface area contributed by atoms with Crippen LogP contribution in [-0.2, 0) is 9.59 Å². The highest BCUT2D eigenvalue weighted by atomic mass is 16.5. The molecule has 0 spiro atoms. The Balaban J connectivity index is 1.40.